The average Bonchev–Trinajstić information content (AvgIpc) is 3.43. The number of fused-ring (bicyclic) bond motifs is 1. The molecule has 1 saturated carbocycles. The quantitative estimate of drug-likeness (QED) is 0.484. The molecule has 34 heavy (non-hydrogen) atoms. The maximum atomic E-state index is 9.61. The van der Waals surface area contributed by atoms with Crippen molar-refractivity contribution >= 4 is 11.0 Å². The van der Waals surface area contributed by atoms with Crippen molar-refractivity contribution in [1.82, 2.24) is 24.3 Å². The van der Waals surface area contributed by atoms with Crippen LogP contribution in [-0.4, -0.2) is 36.0 Å². The minimum absolute atomic E-state index is 0.0283. The van der Waals surface area contributed by atoms with Crippen LogP contribution in [0, 0.1) is 33.6 Å². The predicted molar refractivity (Wildman–Crippen MR) is 135 cm³/mol. The summed E-state index contributed by atoms with van der Waals surface area (Å²) < 4.78 is 3.69. The van der Waals surface area contributed by atoms with Gasteiger partial charge >= 0.3 is 0 Å². The number of aliphatic hydroxyl groups is 1. The van der Waals surface area contributed by atoms with Crippen molar-refractivity contribution in [2.75, 3.05) is 6.54 Å². The molecule has 7 nitrogen and oxygen atoms in total. The minimum atomic E-state index is -0.220. The van der Waals surface area contributed by atoms with Crippen LogP contribution in [0.25, 0.3) is 27.1 Å². The SMILES string of the molecule is [C-]#[N+]C[C@@H](n1cc(-c2ncnc3c2ccn3CO)cn1)C1(C)C(C)(C)C(C)(C)C(C)(C)C1(C)C. The molecule has 0 amide bonds. The van der Waals surface area contributed by atoms with Gasteiger partial charge in [0.15, 0.2) is 0 Å². The van der Waals surface area contributed by atoms with E-state index < -0.39 is 0 Å². The third-order valence-electron chi connectivity index (χ3n) is 11.1. The number of aliphatic hydroxyl groups excluding tert-OH is 1. The van der Waals surface area contributed by atoms with Gasteiger partial charge in [-0.15, -0.1) is 0 Å². The summed E-state index contributed by atoms with van der Waals surface area (Å²) in [6.45, 7) is 29.4. The van der Waals surface area contributed by atoms with E-state index in [0.717, 1.165) is 16.6 Å². The van der Waals surface area contributed by atoms with Crippen LogP contribution in [-0.2, 0) is 6.73 Å². The van der Waals surface area contributed by atoms with Crippen LogP contribution in [0.3, 0.4) is 0 Å². The van der Waals surface area contributed by atoms with Gasteiger partial charge in [0.25, 0.3) is 0 Å². The van der Waals surface area contributed by atoms with E-state index in [-0.39, 0.29) is 39.8 Å². The van der Waals surface area contributed by atoms with E-state index in [2.05, 4.69) is 77.1 Å². The minimum Gasteiger partial charge on any atom is -0.376 e. The summed E-state index contributed by atoms with van der Waals surface area (Å²) in [7, 11) is 0. The largest absolute Gasteiger partial charge is 0.376 e. The van der Waals surface area contributed by atoms with E-state index in [0.29, 0.717) is 12.2 Å². The smallest absolute Gasteiger partial charge is 0.237 e. The van der Waals surface area contributed by atoms with Crippen LogP contribution in [0.5, 0.6) is 0 Å². The van der Waals surface area contributed by atoms with Crippen LogP contribution in [0.4, 0.5) is 0 Å². The fourth-order valence-electron chi connectivity index (χ4n) is 7.07. The third-order valence-corrected chi connectivity index (χ3v) is 11.1. The van der Waals surface area contributed by atoms with Crippen molar-refractivity contribution in [3.63, 3.8) is 0 Å². The lowest BCUT2D eigenvalue weighted by molar-refractivity contribution is -0.0538. The molecule has 1 N–H and O–H groups in total. The molecule has 3 aromatic rings. The molecule has 3 heterocycles. The van der Waals surface area contributed by atoms with E-state index in [9.17, 15) is 5.11 Å². The molecule has 1 atom stereocenters. The zero-order valence-electron chi connectivity index (χ0n) is 22.0. The Morgan fingerprint density at radius 3 is 2.15 bits per heavy atom. The van der Waals surface area contributed by atoms with Crippen molar-refractivity contribution < 1.29 is 5.11 Å². The summed E-state index contributed by atoms with van der Waals surface area (Å²) in [5.74, 6) is 0. The number of hydrogen-bond donors (Lipinski definition) is 1. The monoisotopic (exact) mass is 462 g/mol. The molecule has 1 fully saturated rings. The number of aromatic nitrogens is 5. The van der Waals surface area contributed by atoms with E-state index in [4.69, 9.17) is 11.7 Å². The zero-order valence-corrected chi connectivity index (χ0v) is 22.0. The molecule has 0 aromatic carbocycles. The number of nitrogens with zero attached hydrogens (tertiary/aromatic N) is 6. The molecule has 0 unspecified atom stereocenters. The van der Waals surface area contributed by atoms with Gasteiger partial charge in [-0.05, 0) is 27.7 Å². The first-order chi connectivity index (χ1) is 15.7. The number of rotatable bonds is 5. The van der Waals surface area contributed by atoms with Crippen molar-refractivity contribution in [3.8, 4) is 11.3 Å². The average molecular weight is 463 g/mol. The summed E-state index contributed by atoms with van der Waals surface area (Å²) in [5.41, 5.74) is 2.04. The lowest BCUT2D eigenvalue weighted by atomic mass is 9.53. The summed E-state index contributed by atoms with van der Waals surface area (Å²) in [6, 6.07) is 1.81. The standard InChI is InChI=1S/C27H38N6O/c1-23(2)24(3,4)26(7,8)27(9,25(23,5)6)20(14-28-10)33-15-18(13-31-33)21-19-11-12-32(17-34)22(19)30-16-29-21/h11-13,15-16,20,34H,14,17H2,1-9H3/t20-/m1/s1. The van der Waals surface area contributed by atoms with Crippen molar-refractivity contribution in [2.45, 2.75) is 75.1 Å². The van der Waals surface area contributed by atoms with Crippen LogP contribution in [0.2, 0.25) is 0 Å². The Hall–Kier alpha value is -2.72. The molecular formula is C27H38N6O. The van der Waals surface area contributed by atoms with Gasteiger partial charge in [-0.2, -0.15) is 5.10 Å². The second-order valence-electron chi connectivity index (χ2n) is 12.2. The van der Waals surface area contributed by atoms with E-state index in [1.807, 2.05) is 29.3 Å². The first-order valence-corrected chi connectivity index (χ1v) is 12.0. The maximum absolute atomic E-state index is 9.61. The van der Waals surface area contributed by atoms with Crippen LogP contribution < -0.4 is 0 Å². The highest BCUT2D eigenvalue weighted by Gasteiger charge is 2.76. The molecular weight excluding hydrogens is 424 g/mol. The molecule has 4 rings (SSSR count). The van der Waals surface area contributed by atoms with Crippen LogP contribution in [0.1, 0.15) is 68.4 Å². The fraction of sp³-hybridized carbons (Fsp3) is 0.630. The summed E-state index contributed by atoms with van der Waals surface area (Å²) >= 11 is 0. The van der Waals surface area contributed by atoms with Gasteiger partial charge in [-0.1, -0.05) is 62.3 Å². The molecule has 0 aliphatic heterocycles. The molecule has 1 aliphatic rings. The molecule has 1 aliphatic carbocycles. The summed E-state index contributed by atoms with van der Waals surface area (Å²) in [4.78, 5) is 12.8. The van der Waals surface area contributed by atoms with Gasteiger partial charge in [-0.3, -0.25) is 4.68 Å². The second-order valence-corrected chi connectivity index (χ2v) is 12.2. The Kier molecular flexibility index (Phi) is 5.30. The summed E-state index contributed by atoms with van der Waals surface area (Å²) in [5, 5.41) is 15.3. The van der Waals surface area contributed by atoms with Crippen LogP contribution >= 0.6 is 0 Å². The van der Waals surface area contributed by atoms with Crippen molar-refractivity contribution in [1.29, 1.82) is 0 Å². The molecule has 3 aromatic heterocycles. The van der Waals surface area contributed by atoms with Crippen molar-refractivity contribution in [3.05, 3.63) is 42.4 Å². The highest BCUT2D eigenvalue weighted by Crippen LogP contribution is 2.80. The predicted octanol–water partition coefficient (Wildman–Crippen LogP) is 5.83. The van der Waals surface area contributed by atoms with E-state index >= 15 is 0 Å². The molecule has 182 valence electrons. The summed E-state index contributed by atoms with van der Waals surface area (Å²) in [6.07, 6.45) is 7.20. The Bertz CT molecular complexity index is 1240. The van der Waals surface area contributed by atoms with Gasteiger partial charge in [0.05, 0.1) is 11.9 Å². The normalized spacial score (nSPS) is 22.5. The van der Waals surface area contributed by atoms with Gasteiger partial charge in [-0.25, -0.2) is 16.5 Å². The van der Waals surface area contributed by atoms with Crippen molar-refractivity contribution in [2.24, 2.45) is 27.1 Å². The molecule has 0 radical (unpaired) electrons. The Balaban J connectivity index is 1.88. The second kappa shape index (κ2) is 7.39. The lowest BCUT2D eigenvalue weighted by Crippen LogP contribution is -2.50. The van der Waals surface area contributed by atoms with Crippen LogP contribution in [0.15, 0.2) is 31.0 Å². The maximum Gasteiger partial charge on any atom is 0.237 e. The number of hydrogen-bond acceptors (Lipinski definition) is 4. The van der Waals surface area contributed by atoms with Gasteiger partial charge in [0.1, 0.15) is 24.7 Å². The Morgan fingerprint density at radius 2 is 1.59 bits per heavy atom. The molecule has 0 spiro atoms. The molecule has 0 bridgehead atoms. The molecule has 0 saturated heterocycles. The van der Waals surface area contributed by atoms with Gasteiger partial charge in [0.2, 0.25) is 6.54 Å². The fourth-order valence-corrected chi connectivity index (χ4v) is 7.07. The van der Waals surface area contributed by atoms with Gasteiger partial charge in [0, 0.05) is 28.8 Å². The third kappa shape index (κ3) is 2.69. The Morgan fingerprint density at radius 1 is 0.971 bits per heavy atom. The first-order valence-electron chi connectivity index (χ1n) is 12.0. The first kappa shape index (κ1) is 24.4. The van der Waals surface area contributed by atoms with Gasteiger partial charge < -0.3 is 14.5 Å². The zero-order chi connectivity index (χ0) is 25.3. The Labute approximate surface area is 203 Å². The van der Waals surface area contributed by atoms with E-state index in [1.165, 1.54) is 6.33 Å². The highest BCUT2D eigenvalue weighted by atomic mass is 16.3. The highest BCUT2D eigenvalue weighted by molar-refractivity contribution is 5.90. The topological polar surface area (TPSA) is 73.1 Å². The molecule has 7 heteroatoms. The van der Waals surface area contributed by atoms with E-state index in [1.54, 1.807) is 4.57 Å². The lowest BCUT2D eigenvalue weighted by Gasteiger charge is -2.52.